The van der Waals surface area contributed by atoms with E-state index in [9.17, 15) is 13.6 Å². The molecule has 0 atom stereocenters. The van der Waals surface area contributed by atoms with Crippen molar-refractivity contribution in [2.45, 2.75) is 19.9 Å². The fourth-order valence-corrected chi connectivity index (χ4v) is 2.38. The van der Waals surface area contributed by atoms with Crippen LogP contribution < -0.4 is 4.90 Å². The van der Waals surface area contributed by atoms with Gasteiger partial charge in [0.25, 0.3) is 0 Å². The number of anilines is 1. The summed E-state index contributed by atoms with van der Waals surface area (Å²) in [5, 5.41) is 8.82. The van der Waals surface area contributed by atoms with E-state index in [2.05, 4.69) is 0 Å². The van der Waals surface area contributed by atoms with Gasteiger partial charge < -0.3 is 4.90 Å². The summed E-state index contributed by atoms with van der Waals surface area (Å²) in [7, 11) is 0. The van der Waals surface area contributed by atoms with Crippen LogP contribution >= 0.6 is 0 Å². The van der Waals surface area contributed by atoms with Gasteiger partial charge in [-0.15, -0.1) is 0 Å². The lowest BCUT2D eigenvalue weighted by molar-refractivity contribution is 0.112. The molecule has 0 fully saturated rings. The second-order valence-corrected chi connectivity index (χ2v) is 5.25. The molecule has 0 N–H and O–H groups in total. The Bertz CT molecular complexity index is 753. The van der Waals surface area contributed by atoms with E-state index in [1.807, 2.05) is 19.1 Å². The normalized spacial score (nSPS) is 10.2. The molecule has 2 aromatic rings. The van der Waals surface area contributed by atoms with Crippen LogP contribution in [-0.2, 0) is 6.54 Å². The Hall–Kier alpha value is -2.74. The van der Waals surface area contributed by atoms with Crippen LogP contribution in [-0.4, -0.2) is 12.8 Å². The number of hydrogen-bond acceptors (Lipinski definition) is 3. The molecule has 118 valence electrons. The molecule has 23 heavy (non-hydrogen) atoms. The molecule has 0 aliphatic rings. The van der Waals surface area contributed by atoms with Crippen molar-refractivity contribution in [3.63, 3.8) is 0 Å². The molecule has 0 radical (unpaired) electrons. The fraction of sp³-hybridized carbons (Fsp3) is 0.222. The van der Waals surface area contributed by atoms with Crippen molar-refractivity contribution in [3.05, 3.63) is 64.7 Å². The Balaban J connectivity index is 2.37. The first-order valence-electron chi connectivity index (χ1n) is 7.17. The summed E-state index contributed by atoms with van der Waals surface area (Å²) in [6.45, 7) is 2.37. The standard InChI is InChI=1S/C18H16F2N2O/c1-13-3-6-18(15(9-13)12-23)22(8-2-7-21)11-14-4-5-16(19)10-17(14)20/h3-6,9-10,12H,2,8,11H2,1H3. The van der Waals surface area contributed by atoms with Crippen LogP contribution in [0.1, 0.15) is 27.9 Å². The lowest BCUT2D eigenvalue weighted by Crippen LogP contribution is -2.25. The molecule has 0 saturated heterocycles. The number of halogens is 2. The van der Waals surface area contributed by atoms with Gasteiger partial charge in [0.15, 0.2) is 6.29 Å². The van der Waals surface area contributed by atoms with E-state index in [4.69, 9.17) is 5.26 Å². The van der Waals surface area contributed by atoms with E-state index in [1.54, 1.807) is 17.0 Å². The van der Waals surface area contributed by atoms with Gasteiger partial charge in [0, 0.05) is 36.0 Å². The minimum Gasteiger partial charge on any atom is -0.365 e. The third-order valence-corrected chi connectivity index (χ3v) is 3.52. The first-order valence-corrected chi connectivity index (χ1v) is 7.17. The van der Waals surface area contributed by atoms with Gasteiger partial charge in [-0.2, -0.15) is 5.26 Å². The number of aryl methyl sites for hydroxylation is 1. The predicted octanol–water partition coefficient (Wildman–Crippen LogP) is 4.01. The summed E-state index contributed by atoms with van der Waals surface area (Å²) in [5.41, 5.74) is 2.35. The molecule has 2 rings (SSSR count). The van der Waals surface area contributed by atoms with Gasteiger partial charge in [-0.05, 0) is 25.1 Å². The molecular formula is C18H16F2N2O. The zero-order valence-corrected chi connectivity index (χ0v) is 12.7. The maximum atomic E-state index is 13.9. The maximum absolute atomic E-state index is 13.9. The van der Waals surface area contributed by atoms with E-state index < -0.39 is 11.6 Å². The molecule has 0 saturated carbocycles. The van der Waals surface area contributed by atoms with Crippen molar-refractivity contribution in [2.24, 2.45) is 0 Å². The number of hydrogen-bond donors (Lipinski definition) is 0. The van der Waals surface area contributed by atoms with E-state index >= 15 is 0 Å². The van der Waals surface area contributed by atoms with E-state index in [0.29, 0.717) is 23.4 Å². The van der Waals surface area contributed by atoms with Gasteiger partial charge in [0.05, 0.1) is 12.5 Å². The summed E-state index contributed by atoms with van der Waals surface area (Å²) >= 11 is 0. The fourth-order valence-electron chi connectivity index (χ4n) is 2.38. The molecule has 0 unspecified atom stereocenters. The quantitative estimate of drug-likeness (QED) is 0.757. The molecule has 0 amide bonds. The zero-order valence-electron chi connectivity index (χ0n) is 12.7. The summed E-state index contributed by atoms with van der Waals surface area (Å²) in [4.78, 5) is 13.1. The Labute approximate surface area is 133 Å². The van der Waals surface area contributed by atoms with E-state index in [-0.39, 0.29) is 13.0 Å². The number of nitrogens with zero attached hydrogens (tertiary/aromatic N) is 2. The molecule has 0 bridgehead atoms. The zero-order chi connectivity index (χ0) is 16.8. The van der Waals surface area contributed by atoms with Crippen molar-refractivity contribution in [1.82, 2.24) is 0 Å². The van der Waals surface area contributed by atoms with Gasteiger partial charge in [-0.25, -0.2) is 8.78 Å². The first-order chi connectivity index (χ1) is 11.0. The number of rotatable bonds is 6. The highest BCUT2D eigenvalue weighted by Crippen LogP contribution is 2.24. The summed E-state index contributed by atoms with van der Waals surface area (Å²) in [6.07, 6.45) is 0.970. The maximum Gasteiger partial charge on any atom is 0.152 e. The predicted molar refractivity (Wildman–Crippen MR) is 84.2 cm³/mol. The second-order valence-electron chi connectivity index (χ2n) is 5.25. The number of aldehydes is 1. The highest BCUT2D eigenvalue weighted by Gasteiger charge is 2.14. The minimum absolute atomic E-state index is 0.150. The summed E-state index contributed by atoms with van der Waals surface area (Å²) in [5.74, 6) is -1.29. The molecule has 0 spiro atoms. The van der Waals surface area contributed by atoms with Gasteiger partial charge in [0.1, 0.15) is 11.6 Å². The Morgan fingerprint density at radius 2 is 2.00 bits per heavy atom. The largest absolute Gasteiger partial charge is 0.365 e. The number of carbonyl (C=O) groups is 1. The Morgan fingerprint density at radius 1 is 1.22 bits per heavy atom. The molecule has 5 heteroatoms. The number of benzene rings is 2. The number of nitriles is 1. The SMILES string of the molecule is Cc1ccc(N(CCC#N)Cc2ccc(F)cc2F)c(C=O)c1. The molecule has 2 aromatic carbocycles. The first kappa shape index (κ1) is 16.6. The second kappa shape index (κ2) is 7.50. The van der Waals surface area contributed by atoms with Gasteiger partial charge in [-0.1, -0.05) is 17.7 Å². The van der Waals surface area contributed by atoms with Gasteiger partial charge >= 0.3 is 0 Å². The highest BCUT2D eigenvalue weighted by atomic mass is 19.1. The molecule has 0 aliphatic carbocycles. The third kappa shape index (κ3) is 4.13. The van der Waals surface area contributed by atoms with E-state index in [0.717, 1.165) is 17.9 Å². The topological polar surface area (TPSA) is 44.1 Å². The van der Waals surface area contributed by atoms with Crippen molar-refractivity contribution < 1.29 is 13.6 Å². The highest BCUT2D eigenvalue weighted by molar-refractivity contribution is 5.85. The monoisotopic (exact) mass is 314 g/mol. The smallest absolute Gasteiger partial charge is 0.152 e. The average Bonchev–Trinajstić information content (AvgIpc) is 2.53. The molecular weight excluding hydrogens is 298 g/mol. The van der Waals surface area contributed by atoms with Crippen molar-refractivity contribution in [1.29, 1.82) is 5.26 Å². The summed E-state index contributed by atoms with van der Waals surface area (Å²) < 4.78 is 26.9. The van der Waals surface area contributed by atoms with Crippen LogP contribution in [0.5, 0.6) is 0 Å². The molecule has 0 aliphatic heterocycles. The third-order valence-electron chi connectivity index (χ3n) is 3.52. The average molecular weight is 314 g/mol. The van der Waals surface area contributed by atoms with Crippen LogP contribution in [0.15, 0.2) is 36.4 Å². The van der Waals surface area contributed by atoms with Gasteiger partial charge in [0.2, 0.25) is 0 Å². The van der Waals surface area contributed by atoms with Gasteiger partial charge in [-0.3, -0.25) is 4.79 Å². The van der Waals surface area contributed by atoms with Crippen LogP contribution in [0.25, 0.3) is 0 Å². The van der Waals surface area contributed by atoms with Crippen molar-refractivity contribution in [2.75, 3.05) is 11.4 Å². The van der Waals surface area contributed by atoms with Crippen LogP contribution in [0.4, 0.5) is 14.5 Å². The van der Waals surface area contributed by atoms with Crippen LogP contribution in [0.2, 0.25) is 0 Å². The molecule has 0 aromatic heterocycles. The summed E-state index contributed by atoms with van der Waals surface area (Å²) in [6, 6.07) is 10.8. The number of carbonyl (C=O) groups excluding carboxylic acids is 1. The lowest BCUT2D eigenvalue weighted by Gasteiger charge is -2.26. The Kier molecular flexibility index (Phi) is 5.42. The Morgan fingerprint density at radius 3 is 2.65 bits per heavy atom. The van der Waals surface area contributed by atoms with Crippen molar-refractivity contribution in [3.8, 4) is 6.07 Å². The lowest BCUT2D eigenvalue weighted by atomic mass is 10.1. The minimum atomic E-state index is -0.647. The van der Waals surface area contributed by atoms with E-state index in [1.165, 1.54) is 12.1 Å². The van der Waals surface area contributed by atoms with Crippen LogP contribution in [0, 0.1) is 29.9 Å². The molecule has 3 nitrogen and oxygen atoms in total. The van der Waals surface area contributed by atoms with Crippen molar-refractivity contribution >= 4 is 12.0 Å². The molecule has 0 heterocycles. The van der Waals surface area contributed by atoms with Crippen LogP contribution in [0.3, 0.4) is 0 Å².